The van der Waals surface area contributed by atoms with E-state index in [9.17, 15) is 23.3 Å². The molecule has 11 heteroatoms. The molecule has 0 saturated heterocycles. The standard InChI is InChI=1S/C25H21N3O7S/c29-25-19(12-18-13-23-24(14-22(18)26-25)35-11-10-34-23)16-27(15-17-4-2-1-3-5-17)36(32,33)21-8-6-20(7-9-21)28(30)31/h1-9,12-14H,10-11,15-16H2,(H,26,29). The number of nitrogens with one attached hydrogen (secondary N) is 1. The second kappa shape index (κ2) is 9.44. The number of nitro groups is 1. The van der Waals surface area contributed by atoms with Crippen LogP contribution in [0.3, 0.4) is 0 Å². The van der Waals surface area contributed by atoms with Gasteiger partial charge in [-0.2, -0.15) is 4.31 Å². The minimum Gasteiger partial charge on any atom is -0.486 e. The zero-order valence-electron chi connectivity index (χ0n) is 18.9. The lowest BCUT2D eigenvalue weighted by Gasteiger charge is -2.23. The van der Waals surface area contributed by atoms with Gasteiger partial charge in [0.25, 0.3) is 11.2 Å². The summed E-state index contributed by atoms with van der Waals surface area (Å²) in [5.74, 6) is 1.08. The summed E-state index contributed by atoms with van der Waals surface area (Å²) < 4.78 is 39.6. The number of fused-ring (bicyclic) bond motifs is 2. The van der Waals surface area contributed by atoms with Crippen molar-refractivity contribution in [2.24, 2.45) is 0 Å². The van der Waals surface area contributed by atoms with Crippen LogP contribution in [0.4, 0.5) is 5.69 Å². The molecule has 0 fully saturated rings. The van der Waals surface area contributed by atoms with E-state index in [1.165, 1.54) is 16.4 Å². The average Bonchev–Trinajstić information content (AvgIpc) is 2.88. The van der Waals surface area contributed by atoms with Crippen LogP contribution in [0.2, 0.25) is 0 Å². The van der Waals surface area contributed by atoms with Crippen molar-refractivity contribution in [1.82, 2.24) is 9.29 Å². The number of hydrogen-bond acceptors (Lipinski definition) is 7. The molecule has 3 aromatic carbocycles. The zero-order chi connectivity index (χ0) is 25.3. The van der Waals surface area contributed by atoms with Crippen LogP contribution >= 0.6 is 0 Å². The molecular formula is C25H21N3O7S. The predicted octanol–water partition coefficient (Wildman–Crippen LogP) is 3.60. The third-order valence-corrected chi connectivity index (χ3v) is 7.62. The number of rotatable bonds is 7. The quantitative estimate of drug-likeness (QED) is 0.299. The van der Waals surface area contributed by atoms with Crippen LogP contribution in [0.15, 0.2) is 82.5 Å². The van der Waals surface area contributed by atoms with Crippen molar-refractivity contribution in [3.63, 3.8) is 0 Å². The predicted molar refractivity (Wildman–Crippen MR) is 132 cm³/mol. The van der Waals surface area contributed by atoms with Gasteiger partial charge in [-0.15, -0.1) is 0 Å². The second-order valence-electron chi connectivity index (χ2n) is 8.22. The molecule has 0 aliphatic carbocycles. The molecule has 0 radical (unpaired) electrons. The molecule has 0 bridgehead atoms. The Morgan fingerprint density at radius 3 is 2.25 bits per heavy atom. The largest absolute Gasteiger partial charge is 0.486 e. The number of hydrogen-bond donors (Lipinski definition) is 1. The van der Waals surface area contributed by atoms with E-state index >= 15 is 0 Å². The zero-order valence-corrected chi connectivity index (χ0v) is 19.7. The van der Waals surface area contributed by atoms with Crippen LogP contribution in [-0.2, 0) is 23.1 Å². The lowest BCUT2D eigenvalue weighted by molar-refractivity contribution is -0.384. The Balaban J connectivity index is 1.54. The van der Waals surface area contributed by atoms with Gasteiger partial charge in [-0.3, -0.25) is 14.9 Å². The number of aromatic nitrogens is 1. The summed E-state index contributed by atoms with van der Waals surface area (Å²) in [6.07, 6.45) is 0. The van der Waals surface area contributed by atoms with Crippen LogP contribution in [0.5, 0.6) is 11.5 Å². The van der Waals surface area contributed by atoms with Crippen molar-refractivity contribution in [1.29, 1.82) is 0 Å². The molecule has 0 spiro atoms. The van der Waals surface area contributed by atoms with Crippen molar-refractivity contribution in [3.8, 4) is 11.5 Å². The first-order valence-electron chi connectivity index (χ1n) is 11.1. The summed E-state index contributed by atoms with van der Waals surface area (Å²) in [5, 5.41) is 11.7. The first kappa shape index (κ1) is 23.5. The number of nitro benzene ring substituents is 1. The fraction of sp³-hybridized carbons (Fsp3) is 0.160. The van der Waals surface area contributed by atoms with Gasteiger partial charge < -0.3 is 14.5 Å². The van der Waals surface area contributed by atoms with Crippen molar-refractivity contribution in [3.05, 3.63) is 104 Å². The maximum Gasteiger partial charge on any atom is 0.269 e. The Hall–Kier alpha value is -4.22. The Bertz CT molecular complexity index is 1600. The Morgan fingerprint density at radius 2 is 1.58 bits per heavy atom. The molecule has 1 aliphatic rings. The summed E-state index contributed by atoms with van der Waals surface area (Å²) in [5.41, 5.74) is 0.849. The molecule has 0 amide bonds. The van der Waals surface area contributed by atoms with Gasteiger partial charge >= 0.3 is 0 Å². The first-order valence-corrected chi connectivity index (χ1v) is 12.5. The number of non-ortho nitro benzene ring substituents is 1. The smallest absolute Gasteiger partial charge is 0.269 e. The molecule has 10 nitrogen and oxygen atoms in total. The number of aromatic amines is 1. The van der Waals surface area contributed by atoms with E-state index in [0.717, 1.165) is 17.7 Å². The maximum absolute atomic E-state index is 13.6. The van der Waals surface area contributed by atoms with Gasteiger partial charge in [0.1, 0.15) is 13.2 Å². The SMILES string of the molecule is O=c1[nH]c2cc3c(cc2cc1CN(Cc1ccccc1)S(=O)(=O)c1ccc([N+](=O)[O-])cc1)OCCO3. The first-order chi connectivity index (χ1) is 17.3. The van der Waals surface area contributed by atoms with Crippen molar-refractivity contribution < 1.29 is 22.8 Å². The van der Waals surface area contributed by atoms with Gasteiger partial charge in [0.2, 0.25) is 10.0 Å². The molecule has 0 unspecified atom stereocenters. The van der Waals surface area contributed by atoms with Gasteiger partial charge in [-0.05, 0) is 29.8 Å². The molecule has 36 heavy (non-hydrogen) atoms. The molecule has 5 rings (SSSR count). The van der Waals surface area contributed by atoms with E-state index in [1.807, 2.05) is 6.07 Å². The van der Waals surface area contributed by atoms with Crippen LogP contribution in [0.1, 0.15) is 11.1 Å². The number of ether oxygens (including phenoxy) is 2. The van der Waals surface area contributed by atoms with Crippen molar-refractivity contribution in [2.75, 3.05) is 13.2 Å². The average molecular weight is 508 g/mol. The van der Waals surface area contributed by atoms with E-state index in [-0.39, 0.29) is 29.2 Å². The summed E-state index contributed by atoms with van der Waals surface area (Å²) in [6.45, 7) is 0.607. The van der Waals surface area contributed by atoms with Gasteiger partial charge in [-0.25, -0.2) is 8.42 Å². The second-order valence-corrected chi connectivity index (χ2v) is 10.2. The van der Waals surface area contributed by atoms with Crippen LogP contribution in [0, 0.1) is 10.1 Å². The normalized spacial score (nSPS) is 13.1. The van der Waals surface area contributed by atoms with E-state index in [2.05, 4.69) is 4.98 Å². The van der Waals surface area contributed by atoms with E-state index in [0.29, 0.717) is 35.6 Å². The molecule has 4 aromatic rings. The fourth-order valence-corrected chi connectivity index (χ4v) is 5.40. The third-order valence-electron chi connectivity index (χ3n) is 5.82. The number of sulfonamides is 1. The molecule has 1 aliphatic heterocycles. The molecular weight excluding hydrogens is 486 g/mol. The van der Waals surface area contributed by atoms with Crippen LogP contribution in [-0.4, -0.2) is 35.8 Å². The molecule has 2 heterocycles. The van der Waals surface area contributed by atoms with Crippen LogP contribution in [0.25, 0.3) is 10.9 Å². The summed E-state index contributed by atoms with van der Waals surface area (Å²) in [7, 11) is -4.11. The lowest BCUT2D eigenvalue weighted by atomic mass is 10.1. The Morgan fingerprint density at radius 1 is 0.917 bits per heavy atom. The molecule has 0 saturated carbocycles. The van der Waals surface area contributed by atoms with E-state index < -0.39 is 20.5 Å². The van der Waals surface area contributed by atoms with E-state index in [4.69, 9.17) is 9.47 Å². The van der Waals surface area contributed by atoms with E-state index in [1.54, 1.807) is 42.5 Å². The molecule has 1 aromatic heterocycles. The number of nitrogens with zero attached hydrogens (tertiary/aromatic N) is 2. The summed E-state index contributed by atoms with van der Waals surface area (Å²) in [6, 6.07) is 18.7. The third kappa shape index (κ3) is 4.66. The highest BCUT2D eigenvalue weighted by atomic mass is 32.2. The highest BCUT2D eigenvalue weighted by Crippen LogP contribution is 2.34. The molecule has 1 N–H and O–H groups in total. The molecule has 184 valence electrons. The highest BCUT2D eigenvalue weighted by molar-refractivity contribution is 7.89. The number of benzene rings is 3. The maximum atomic E-state index is 13.6. The topological polar surface area (TPSA) is 132 Å². The number of H-pyrrole nitrogens is 1. The van der Waals surface area contributed by atoms with Crippen molar-refractivity contribution in [2.45, 2.75) is 18.0 Å². The van der Waals surface area contributed by atoms with Gasteiger partial charge in [-0.1, -0.05) is 30.3 Å². The minimum atomic E-state index is -4.11. The molecule has 0 atom stereocenters. The highest BCUT2D eigenvalue weighted by Gasteiger charge is 2.27. The van der Waals surface area contributed by atoms with Gasteiger partial charge in [0.05, 0.1) is 15.3 Å². The van der Waals surface area contributed by atoms with Crippen LogP contribution < -0.4 is 15.0 Å². The van der Waals surface area contributed by atoms with Crippen molar-refractivity contribution >= 4 is 26.6 Å². The Kier molecular flexibility index (Phi) is 6.17. The summed E-state index contributed by atoms with van der Waals surface area (Å²) in [4.78, 5) is 26.0. The minimum absolute atomic E-state index is 0.00121. The monoisotopic (exact) mass is 507 g/mol. The lowest BCUT2D eigenvalue weighted by Crippen LogP contribution is -2.32. The summed E-state index contributed by atoms with van der Waals surface area (Å²) >= 11 is 0. The Labute approximate surface area is 205 Å². The van der Waals surface area contributed by atoms with Gasteiger partial charge in [0, 0.05) is 42.2 Å². The fourth-order valence-electron chi connectivity index (χ4n) is 4.00. The van der Waals surface area contributed by atoms with Gasteiger partial charge in [0.15, 0.2) is 11.5 Å². The number of pyridine rings is 1.